The Kier molecular flexibility index (Phi) is 10.9. The van der Waals surface area contributed by atoms with Gasteiger partial charge in [0.2, 0.25) is 5.91 Å². The van der Waals surface area contributed by atoms with Crippen LogP contribution in [0.4, 0.5) is 5.69 Å². The Morgan fingerprint density at radius 1 is 1.03 bits per heavy atom. The first-order valence-electron chi connectivity index (χ1n) is 10.9. The number of amides is 1. The van der Waals surface area contributed by atoms with Gasteiger partial charge >= 0.3 is 0 Å². The summed E-state index contributed by atoms with van der Waals surface area (Å²) >= 11 is 0. The predicted molar refractivity (Wildman–Crippen MR) is 135 cm³/mol. The van der Waals surface area contributed by atoms with E-state index in [2.05, 4.69) is 44.6 Å². The molecule has 30 heavy (non-hydrogen) atoms. The third kappa shape index (κ3) is 7.70. The van der Waals surface area contributed by atoms with Crippen LogP contribution in [0.25, 0.3) is 0 Å². The third-order valence-corrected chi connectivity index (χ3v) is 5.79. The van der Waals surface area contributed by atoms with Gasteiger partial charge in [-0.25, -0.2) is 0 Å². The normalized spacial score (nSPS) is 18.4. The number of guanidine groups is 1. The number of aliphatic imine (C=N–C) groups is 1. The topological polar surface area (TPSA) is 63.2 Å². The highest BCUT2D eigenvalue weighted by atomic mass is 127. The zero-order chi connectivity index (χ0) is 20.5. The van der Waals surface area contributed by atoms with Crippen molar-refractivity contribution in [3.8, 4) is 0 Å². The molecule has 0 spiro atoms. The highest BCUT2D eigenvalue weighted by molar-refractivity contribution is 14.0. The number of halogens is 1. The van der Waals surface area contributed by atoms with Gasteiger partial charge in [0.05, 0.1) is 0 Å². The van der Waals surface area contributed by atoms with Crippen LogP contribution >= 0.6 is 24.0 Å². The summed E-state index contributed by atoms with van der Waals surface area (Å²) in [6, 6.07) is 8.23. The number of carbonyl (C=O) groups excluding carboxylic acids is 1. The standard InChI is InChI=1S/C22H36N6O.HI/c1-23-22(24-11-3-4-12-27-16-14-26(2)15-17-27)25-18-19-7-9-20(10-8-19)28-13-5-6-21(28)29;/h7-10H,3-6,11-18H2,1-2H3,(H2,23,24,25);1H. The van der Waals surface area contributed by atoms with E-state index in [4.69, 9.17) is 0 Å². The SMILES string of the molecule is CN=C(NCCCCN1CCN(C)CC1)NCc1ccc(N2CCCC2=O)cc1.I. The smallest absolute Gasteiger partial charge is 0.227 e. The molecule has 8 heteroatoms. The number of rotatable bonds is 8. The first kappa shape index (κ1) is 24.9. The molecule has 0 unspecified atom stereocenters. The van der Waals surface area contributed by atoms with E-state index in [1.807, 2.05) is 24.1 Å². The van der Waals surface area contributed by atoms with E-state index in [1.54, 1.807) is 0 Å². The minimum Gasteiger partial charge on any atom is -0.356 e. The molecular formula is C22H37IN6O. The zero-order valence-corrected chi connectivity index (χ0v) is 20.7. The molecule has 1 amide bonds. The molecule has 2 heterocycles. The molecule has 2 saturated heterocycles. The maximum Gasteiger partial charge on any atom is 0.227 e. The second-order valence-electron chi connectivity index (χ2n) is 8.02. The molecule has 168 valence electrons. The number of likely N-dealkylation sites (N-methyl/N-ethyl adjacent to an activating group) is 1. The fraction of sp³-hybridized carbons (Fsp3) is 0.636. The van der Waals surface area contributed by atoms with E-state index in [0.717, 1.165) is 44.1 Å². The summed E-state index contributed by atoms with van der Waals surface area (Å²) in [6.07, 6.45) is 3.98. The number of piperazine rings is 1. The molecule has 2 fully saturated rings. The van der Waals surface area contributed by atoms with Crippen molar-refractivity contribution in [3.63, 3.8) is 0 Å². The lowest BCUT2D eigenvalue weighted by Gasteiger charge is -2.32. The van der Waals surface area contributed by atoms with Gasteiger partial charge in [-0.3, -0.25) is 9.79 Å². The largest absolute Gasteiger partial charge is 0.356 e. The van der Waals surface area contributed by atoms with Gasteiger partial charge in [0.25, 0.3) is 0 Å². The van der Waals surface area contributed by atoms with Crippen molar-refractivity contribution in [2.45, 2.75) is 32.2 Å². The summed E-state index contributed by atoms with van der Waals surface area (Å²) in [5.74, 6) is 1.07. The lowest BCUT2D eigenvalue weighted by Crippen LogP contribution is -2.44. The van der Waals surface area contributed by atoms with E-state index in [-0.39, 0.29) is 29.9 Å². The van der Waals surface area contributed by atoms with Crippen molar-refractivity contribution in [3.05, 3.63) is 29.8 Å². The second-order valence-corrected chi connectivity index (χ2v) is 8.02. The molecule has 0 radical (unpaired) electrons. The number of nitrogens with one attached hydrogen (secondary N) is 2. The van der Waals surface area contributed by atoms with Gasteiger partial charge in [-0.15, -0.1) is 24.0 Å². The summed E-state index contributed by atoms with van der Waals surface area (Å²) < 4.78 is 0. The molecule has 0 saturated carbocycles. The van der Waals surface area contributed by atoms with Crippen LogP contribution in [0, 0.1) is 0 Å². The van der Waals surface area contributed by atoms with Crippen molar-refractivity contribution in [1.29, 1.82) is 0 Å². The van der Waals surface area contributed by atoms with E-state index < -0.39 is 0 Å². The van der Waals surface area contributed by atoms with Crippen LogP contribution in [0.2, 0.25) is 0 Å². The second kappa shape index (κ2) is 13.1. The number of benzene rings is 1. The minimum absolute atomic E-state index is 0. The molecule has 2 aliphatic rings. The first-order chi connectivity index (χ1) is 14.2. The van der Waals surface area contributed by atoms with Crippen LogP contribution in [0.3, 0.4) is 0 Å². The fourth-order valence-corrected chi connectivity index (χ4v) is 3.86. The van der Waals surface area contributed by atoms with Gasteiger partial charge in [-0.1, -0.05) is 12.1 Å². The van der Waals surface area contributed by atoms with Crippen molar-refractivity contribution in [2.24, 2.45) is 4.99 Å². The summed E-state index contributed by atoms with van der Waals surface area (Å²) in [7, 11) is 4.00. The molecule has 1 aromatic rings. The van der Waals surface area contributed by atoms with E-state index in [0.29, 0.717) is 6.42 Å². The third-order valence-electron chi connectivity index (χ3n) is 5.79. The monoisotopic (exact) mass is 528 g/mol. The zero-order valence-electron chi connectivity index (χ0n) is 18.4. The van der Waals surface area contributed by atoms with Gasteiger partial charge < -0.3 is 25.3 Å². The van der Waals surface area contributed by atoms with E-state index in [1.165, 1.54) is 44.7 Å². The number of carbonyl (C=O) groups is 1. The Balaban J connectivity index is 0.00000320. The molecule has 3 rings (SSSR count). The van der Waals surface area contributed by atoms with Crippen LogP contribution in [-0.4, -0.2) is 81.6 Å². The highest BCUT2D eigenvalue weighted by Gasteiger charge is 2.21. The van der Waals surface area contributed by atoms with E-state index in [9.17, 15) is 4.79 Å². The molecule has 2 N–H and O–H groups in total. The maximum atomic E-state index is 11.8. The van der Waals surface area contributed by atoms with Gasteiger partial charge in [0.1, 0.15) is 0 Å². The summed E-state index contributed by atoms with van der Waals surface area (Å²) in [4.78, 5) is 23.0. The van der Waals surface area contributed by atoms with Gasteiger partial charge in [-0.2, -0.15) is 0 Å². The van der Waals surface area contributed by atoms with Crippen LogP contribution in [0.1, 0.15) is 31.2 Å². The molecule has 1 aromatic carbocycles. The van der Waals surface area contributed by atoms with E-state index >= 15 is 0 Å². The molecule has 0 bridgehead atoms. The molecule has 0 aliphatic carbocycles. The first-order valence-corrected chi connectivity index (χ1v) is 10.9. The predicted octanol–water partition coefficient (Wildman–Crippen LogP) is 2.12. The van der Waals surface area contributed by atoms with Crippen LogP contribution in [-0.2, 0) is 11.3 Å². The van der Waals surface area contributed by atoms with Crippen molar-refractivity contribution in [2.75, 3.05) is 64.8 Å². The number of unbranched alkanes of at least 4 members (excludes halogenated alkanes) is 1. The number of hydrogen-bond acceptors (Lipinski definition) is 4. The number of nitrogens with zero attached hydrogens (tertiary/aromatic N) is 4. The van der Waals surface area contributed by atoms with Gasteiger partial charge in [0, 0.05) is 65.0 Å². The Morgan fingerprint density at radius 3 is 2.40 bits per heavy atom. The Hall–Kier alpha value is -1.39. The number of hydrogen-bond donors (Lipinski definition) is 2. The summed E-state index contributed by atoms with van der Waals surface area (Å²) in [5.41, 5.74) is 2.18. The Bertz CT molecular complexity index is 673. The molecular weight excluding hydrogens is 491 g/mol. The van der Waals surface area contributed by atoms with Crippen LogP contribution in [0.15, 0.2) is 29.3 Å². The van der Waals surface area contributed by atoms with Crippen molar-refractivity contribution < 1.29 is 4.79 Å². The Morgan fingerprint density at radius 2 is 1.77 bits per heavy atom. The minimum atomic E-state index is 0. The average Bonchev–Trinajstić information content (AvgIpc) is 3.17. The molecule has 0 aromatic heterocycles. The highest BCUT2D eigenvalue weighted by Crippen LogP contribution is 2.21. The van der Waals surface area contributed by atoms with Crippen LogP contribution in [0.5, 0.6) is 0 Å². The lowest BCUT2D eigenvalue weighted by molar-refractivity contribution is -0.117. The molecule has 7 nitrogen and oxygen atoms in total. The van der Waals surface area contributed by atoms with Gasteiger partial charge in [-0.05, 0) is 50.6 Å². The quantitative estimate of drug-likeness (QED) is 0.234. The van der Waals surface area contributed by atoms with Crippen molar-refractivity contribution >= 4 is 41.5 Å². The Labute approximate surface area is 198 Å². The van der Waals surface area contributed by atoms with Gasteiger partial charge in [0.15, 0.2) is 5.96 Å². The molecule has 2 aliphatic heterocycles. The molecule has 0 atom stereocenters. The summed E-state index contributed by atoms with van der Waals surface area (Å²) in [6.45, 7) is 8.43. The summed E-state index contributed by atoms with van der Waals surface area (Å²) in [5, 5.41) is 6.78. The fourth-order valence-electron chi connectivity index (χ4n) is 3.86. The lowest BCUT2D eigenvalue weighted by atomic mass is 10.2. The van der Waals surface area contributed by atoms with Crippen LogP contribution < -0.4 is 15.5 Å². The maximum absolute atomic E-state index is 11.8. The average molecular weight is 528 g/mol. The number of anilines is 1. The van der Waals surface area contributed by atoms with Crippen molar-refractivity contribution in [1.82, 2.24) is 20.4 Å².